The summed E-state index contributed by atoms with van der Waals surface area (Å²) in [6.07, 6.45) is 4.94. The van der Waals surface area contributed by atoms with Gasteiger partial charge in [0.05, 0.1) is 0 Å². The van der Waals surface area contributed by atoms with E-state index in [0.29, 0.717) is 12.5 Å². The van der Waals surface area contributed by atoms with Gasteiger partial charge in [0.15, 0.2) is 0 Å². The van der Waals surface area contributed by atoms with Gasteiger partial charge in [-0.05, 0) is 69.3 Å². The summed E-state index contributed by atoms with van der Waals surface area (Å²) in [6.45, 7) is 7.62. The van der Waals surface area contributed by atoms with E-state index in [4.69, 9.17) is 11.6 Å². The highest BCUT2D eigenvalue weighted by atomic mass is 35.5. The van der Waals surface area contributed by atoms with Crippen LogP contribution in [0.1, 0.15) is 45.1 Å². The fraction of sp³-hybridized carbons (Fsp3) is 0.632. The monoisotopic (exact) mass is 336 g/mol. The zero-order valence-electron chi connectivity index (χ0n) is 14.4. The Bertz CT molecular complexity index is 481. The van der Waals surface area contributed by atoms with Crippen molar-refractivity contribution in [3.8, 4) is 0 Å². The van der Waals surface area contributed by atoms with E-state index in [0.717, 1.165) is 43.4 Å². The van der Waals surface area contributed by atoms with Crippen LogP contribution in [0.15, 0.2) is 24.3 Å². The number of nitrogens with zero attached hydrogens (tertiary/aromatic N) is 1. The van der Waals surface area contributed by atoms with Gasteiger partial charge in [-0.15, -0.1) is 0 Å². The van der Waals surface area contributed by atoms with Crippen molar-refractivity contribution in [2.75, 3.05) is 19.6 Å². The standard InChI is InChI=1S/C19H29ClN2O/c1-15-10-12-22(13-11-15)16(2)14-21-19(23)5-3-4-17-6-8-18(20)9-7-17/h6-9,15-16H,3-5,10-14H2,1-2H3,(H,21,23). The molecule has 1 aliphatic heterocycles. The van der Waals surface area contributed by atoms with Crippen LogP contribution >= 0.6 is 11.6 Å². The van der Waals surface area contributed by atoms with Crippen molar-refractivity contribution in [2.24, 2.45) is 5.92 Å². The lowest BCUT2D eigenvalue weighted by molar-refractivity contribution is -0.121. The van der Waals surface area contributed by atoms with Crippen LogP contribution in [0.25, 0.3) is 0 Å². The molecule has 4 heteroatoms. The molecule has 1 atom stereocenters. The van der Waals surface area contributed by atoms with Crippen molar-refractivity contribution in [3.63, 3.8) is 0 Å². The van der Waals surface area contributed by atoms with Crippen LogP contribution in [0.5, 0.6) is 0 Å². The quantitative estimate of drug-likeness (QED) is 0.819. The van der Waals surface area contributed by atoms with Crippen molar-refractivity contribution in [2.45, 2.75) is 52.0 Å². The molecule has 0 aromatic heterocycles. The minimum absolute atomic E-state index is 0.163. The van der Waals surface area contributed by atoms with Crippen LogP contribution in [0.2, 0.25) is 5.02 Å². The third-order valence-electron chi connectivity index (χ3n) is 4.82. The molecule has 1 aliphatic rings. The van der Waals surface area contributed by atoms with Crippen molar-refractivity contribution in [3.05, 3.63) is 34.9 Å². The summed E-state index contributed by atoms with van der Waals surface area (Å²) >= 11 is 5.87. The number of aryl methyl sites for hydroxylation is 1. The van der Waals surface area contributed by atoms with Gasteiger partial charge in [-0.2, -0.15) is 0 Å². The van der Waals surface area contributed by atoms with Gasteiger partial charge in [-0.25, -0.2) is 0 Å². The molecule has 1 fully saturated rings. The van der Waals surface area contributed by atoms with Gasteiger partial charge in [0.25, 0.3) is 0 Å². The molecule has 1 amide bonds. The van der Waals surface area contributed by atoms with Gasteiger partial charge in [-0.1, -0.05) is 30.7 Å². The third-order valence-corrected chi connectivity index (χ3v) is 5.07. The van der Waals surface area contributed by atoms with Gasteiger partial charge in [0, 0.05) is 24.0 Å². The third kappa shape index (κ3) is 6.52. The molecule has 2 rings (SSSR count). The Balaban J connectivity index is 1.60. The Hall–Kier alpha value is -1.06. The second-order valence-electron chi connectivity index (χ2n) is 6.85. The molecule has 23 heavy (non-hydrogen) atoms. The molecule has 1 unspecified atom stereocenters. The molecular weight excluding hydrogens is 308 g/mol. The SMILES string of the molecule is CC1CCN(C(C)CNC(=O)CCCc2ccc(Cl)cc2)CC1. The second-order valence-corrected chi connectivity index (χ2v) is 7.29. The summed E-state index contributed by atoms with van der Waals surface area (Å²) in [5.41, 5.74) is 1.23. The molecule has 1 aromatic carbocycles. The van der Waals surface area contributed by atoms with Gasteiger partial charge >= 0.3 is 0 Å². The maximum Gasteiger partial charge on any atom is 0.220 e. The smallest absolute Gasteiger partial charge is 0.220 e. The van der Waals surface area contributed by atoms with Crippen LogP contribution in [-0.4, -0.2) is 36.5 Å². The predicted octanol–water partition coefficient (Wildman–Crippen LogP) is 3.90. The number of nitrogens with one attached hydrogen (secondary N) is 1. The topological polar surface area (TPSA) is 32.3 Å². The number of piperidine rings is 1. The van der Waals surface area contributed by atoms with Gasteiger partial charge < -0.3 is 5.32 Å². The first-order valence-corrected chi connectivity index (χ1v) is 9.17. The van der Waals surface area contributed by atoms with Gasteiger partial charge in [0.1, 0.15) is 0 Å². The molecule has 1 heterocycles. The summed E-state index contributed by atoms with van der Waals surface area (Å²) < 4.78 is 0. The number of rotatable bonds is 7. The molecule has 0 aliphatic carbocycles. The number of carbonyl (C=O) groups is 1. The molecule has 0 saturated carbocycles. The zero-order valence-corrected chi connectivity index (χ0v) is 15.1. The minimum Gasteiger partial charge on any atom is -0.355 e. The average molecular weight is 337 g/mol. The maximum atomic E-state index is 12.0. The van der Waals surface area contributed by atoms with E-state index in [9.17, 15) is 4.79 Å². The number of amides is 1. The molecule has 3 nitrogen and oxygen atoms in total. The number of carbonyl (C=O) groups excluding carboxylic acids is 1. The van der Waals surface area contributed by atoms with E-state index < -0.39 is 0 Å². The Morgan fingerprint density at radius 3 is 2.61 bits per heavy atom. The van der Waals surface area contributed by atoms with E-state index in [1.54, 1.807) is 0 Å². The number of hydrogen-bond acceptors (Lipinski definition) is 2. The number of hydrogen-bond donors (Lipinski definition) is 1. The van der Waals surface area contributed by atoms with Gasteiger partial charge in [0.2, 0.25) is 5.91 Å². The number of halogens is 1. The first kappa shape index (κ1) is 18.3. The predicted molar refractivity (Wildman–Crippen MR) is 96.8 cm³/mol. The summed E-state index contributed by atoms with van der Waals surface area (Å²) in [4.78, 5) is 14.5. The first-order valence-electron chi connectivity index (χ1n) is 8.80. The van der Waals surface area contributed by atoms with Crippen LogP contribution in [-0.2, 0) is 11.2 Å². The second kappa shape index (κ2) is 9.29. The first-order chi connectivity index (χ1) is 11.0. The lowest BCUT2D eigenvalue weighted by atomic mass is 9.98. The molecule has 0 radical (unpaired) electrons. The van der Waals surface area contributed by atoms with Gasteiger partial charge in [-0.3, -0.25) is 9.69 Å². The van der Waals surface area contributed by atoms with E-state index in [2.05, 4.69) is 24.1 Å². The summed E-state index contributed by atoms with van der Waals surface area (Å²) in [7, 11) is 0. The van der Waals surface area contributed by atoms with Crippen LogP contribution < -0.4 is 5.32 Å². The Morgan fingerprint density at radius 2 is 1.96 bits per heavy atom. The van der Waals surface area contributed by atoms with E-state index in [1.807, 2.05) is 24.3 Å². The molecular formula is C19H29ClN2O. The van der Waals surface area contributed by atoms with Crippen LogP contribution in [0, 0.1) is 5.92 Å². The molecule has 1 aromatic rings. The molecule has 1 N–H and O–H groups in total. The molecule has 0 bridgehead atoms. The van der Waals surface area contributed by atoms with E-state index in [-0.39, 0.29) is 5.91 Å². The Morgan fingerprint density at radius 1 is 1.30 bits per heavy atom. The summed E-state index contributed by atoms with van der Waals surface area (Å²) in [5.74, 6) is 1.01. The lowest BCUT2D eigenvalue weighted by Gasteiger charge is -2.35. The van der Waals surface area contributed by atoms with E-state index in [1.165, 1.54) is 18.4 Å². The highest BCUT2D eigenvalue weighted by Gasteiger charge is 2.20. The van der Waals surface area contributed by atoms with Crippen LogP contribution in [0.3, 0.4) is 0 Å². The minimum atomic E-state index is 0.163. The van der Waals surface area contributed by atoms with Crippen molar-refractivity contribution >= 4 is 17.5 Å². The zero-order chi connectivity index (χ0) is 16.7. The fourth-order valence-electron chi connectivity index (χ4n) is 3.05. The molecule has 0 spiro atoms. The highest BCUT2D eigenvalue weighted by molar-refractivity contribution is 6.30. The summed E-state index contributed by atoms with van der Waals surface area (Å²) in [6, 6.07) is 8.29. The Kier molecular flexibility index (Phi) is 7.38. The molecule has 1 saturated heterocycles. The maximum absolute atomic E-state index is 12.0. The number of benzene rings is 1. The van der Waals surface area contributed by atoms with Crippen molar-refractivity contribution < 1.29 is 4.79 Å². The largest absolute Gasteiger partial charge is 0.355 e. The number of likely N-dealkylation sites (tertiary alicyclic amines) is 1. The van der Waals surface area contributed by atoms with Crippen molar-refractivity contribution in [1.29, 1.82) is 0 Å². The average Bonchev–Trinajstić information content (AvgIpc) is 2.55. The van der Waals surface area contributed by atoms with Crippen molar-refractivity contribution in [1.82, 2.24) is 10.2 Å². The lowest BCUT2D eigenvalue weighted by Crippen LogP contribution is -2.45. The normalized spacial score (nSPS) is 17.9. The summed E-state index contributed by atoms with van der Waals surface area (Å²) in [5, 5.41) is 3.84. The highest BCUT2D eigenvalue weighted by Crippen LogP contribution is 2.17. The fourth-order valence-corrected chi connectivity index (χ4v) is 3.18. The van der Waals surface area contributed by atoms with Crippen LogP contribution in [0.4, 0.5) is 0 Å². The molecule has 128 valence electrons. The Labute approximate surface area is 145 Å². The van der Waals surface area contributed by atoms with E-state index >= 15 is 0 Å².